The minimum atomic E-state index is -0.640. The van der Waals surface area contributed by atoms with Gasteiger partial charge in [0.1, 0.15) is 5.69 Å². The highest BCUT2D eigenvalue weighted by Crippen LogP contribution is 2.35. The minimum Gasteiger partial charge on any atom is -0.371 e. The molecule has 4 aromatic rings. The zero-order valence-corrected chi connectivity index (χ0v) is 24.0. The number of hydrogen-bond acceptors (Lipinski definition) is 9. The molecular formula is C31H38N10O. The van der Waals surface area contributed by atoms with Gasteiger partial charge in [0.25, 0.3) is 5.91 Å². The molecule has 42 heavy (non-hydrogen) atoms. The summed E-state index contributed by atoms with van der Waals surface area (Å²) in [7, 11) is 2.21. The van der Waals surface area contributed by atoms with Gasteiger partial charge in [-0.2, -0.15) is 0 Å². The minimum absolute atomic E-state index is 0.0916. The molecule has 1 aliphatic carbocycles. The number of piperidine rings is 1. The zero-order chi connectivity index (χ0) is 28.6. The maximum absolute atomic E-state index is 12.6. The Balaban J connectivity index is 1.10. The molecule has 3 aliphatic rings. The van der Waals surface area contributed by atoms with Gasteiger partial charge >= 0.3 is 0 Å². The number of anilines is 4. The van der Waals surface area contributed by atoms with Crippen molar-refractivity contribution in [2.24, 2.45) is 5.73 Å². The van der Waals surface area contributed by atoms with Crippen LogP contribution in [0.2, 0.25) is 0 Å². The van der Waals surface area contributed by atoms with Crippen molar-refractivity contribution in [3.8, 4) is 11.3 Å². The lowest BCUT2D eigenvalue weighted by Crippen LogP contribution is -2.52. The number of fused-ring (bicyclic) bond motifs is 1. The van der Waals surface area contributed by atoms with Gasteiger partial charge in [-0.3, -0.25) is 9.69 Å². The quantitative estimate of drug-likeness (QED) is 0.252. The standard InChI is InChI=1S/C31H38N10O/c1-39-15-17-41(18-16-39)23-11-13-40(14-12-23)22-9-7-21(8-10-22)36-31-28(29(32)42)37-27(30(38-31)35-20-5-6-20)24-3-2-4-25-26(24)34-19-33-25/h2-4,7-10,19-20,23H,5-6,11-18H2,1H3,(H2,32,42)(H,33,34)(H2,35,36,38). The molecule has 3 fully saturated rings. The van der Waals surface area contributed by atoms with Crippen molar-refractivity contribution >= 4 is 40.0 Å². The molecule has 2 saturated heterocycles. The molecule has 11 nitrogen and oxygen atoms in total. The number of nitrogens with two attached hydrogens (primary N) is 1. The second-order valence-electron chi connectivity index (χ2n) is 11.7. The van der Waals surface area contributed by atoms with Crippen LogP contribution in [0.3, 0.4) is 0 Å². The number of aromatic nitrogens is 4. The Labute approximate surface area is 245 Å². The van der Waals surface area contributed by atoms with Crippen LogP contribution in [0.5, 0.6) is 0 Å². The van der Waals surface area contributed by atoms with Gasteiger partial charge in [-0.1, -0.05) is 12.1 Å². The second kappa shape index (κ2) is 11.2. The van der Waals surface area contributed by atoms with Crippen LogP contribution in [0.15, 0.2) is 48.8 Å². The molecule has 0 atom stereocenters. The van der Waals surface area contributed by atoms with Crippen molar-refractivity contribution in [2.75, 3.05) is 61.8 Å². The fourth-order valence-corrected chi connectivity index (χ4v) is 6.13. The number of hydrogen-bond donors (Lipinski definition) is 4. The van der Waals surface area contributed by atoms with E-state index < -0.39 is 5.91 Å². The molecule has 2 aromatic carbocycles. The molecule has 0 unspecified atom stereocenters. The average molecular weight is 567 g/mol. The molecule has 1 amide bonds. The lowest BCUT2D eigenvalue weighted by atomic mass is 10.0. The first kappa shape index (κ1) is 26.7. The van der Waals surface area contributed by atoms with E-state index in [9.17, 15) is 4.79 Å². The van der Waals surface area contributed by atoms with E-state index in [1.165, 1.54) is 31.6 Å². The normalized spacial score (nSPS) is 18.8. The molecule has 4 heterocycles. The summed E-state index contributed by atoms with van der Waals surface area (Å²) in [5.41, 5.74) is 11.0. The summed E-state index contributed by atoms with van der Waals surface area (Å²) in [5.74, 6) is 0.308. The molecule has 2 aromatic heterocycles. The molecular weight excluding hydrogens is 528 g/mol. The van der Waals surface area contributed by atoms with Crippen molar-refractivity contribution in [1.82, 2.24) is 29.7 Å². The SMILES string of the molecule is CN1CCN(C2CCN(c3ccc(Nc4nc(NC5CC5)c(-c5cccc6[nH]cnc56)nc4C(N)=O)cc3)CC2)CC1. The molecule has 11 heteroatoms. The van der Waals surface area contributed by atoms with Crippen molar-refractivity contribution < 1.29 is 4.79 Å². The number of carbonyl (C=O) groups is 1. The number of H-pyrrole nitrogens is 1. The number of nitrogens with zero attached hydrogens (tertiary/aromatic N) is 6. The Morgan fingerprint density at radius 1 is 0.929 bits per heavy atom. The molecule has 0 radical (unpaired) electrons. The summed E-state index contributed by atoms with van der Waals surface area (Å²) in [6.45, 7) is 6.79. The van der Waals surface area contributed by atoms with Crippen LogP contribution in [0.1, 0.15) is 36.2 Å². The monoisotopic (exact) mass is 566 g/mol. The number of likely N-dealkylation sites (N-methyl/N-ethyl adjacent to an activating group) is 1. The van der Waals surface area contributed by atoms with E-state index >= 15 is 0 Å². The van der Waals surface area contributed by atoms with E-state index in [4.69, 9.17) is 15.7 Å². The number of para-hydroxylation sites is 1. The highest BCUT2D eigenvalue weighted by Gasteiger charge is 2.28. The average Bonchev–Trinajstić information content (AvgIpc) is 3.69. The summed E-state index contributed by atoms with van der Waals surface area (Å²) >= 11 is 0. The lowest BCUT2D eigenvalue weighted by molar-refractivity contribution is 0.0982. The van der Waals surface area contributed by atoms with Crippen LogP contribution in [-0.4, -0.2) is 94.0 Å². The number of carbonyl (C=O) groups excluding carboxylic acids is 1. The van der Waals surface area contributed by atoms with E-state index in [1.54, 1.807) is 6.33 Å². The van der Waals surface area contributed by atoms with Crippen molar-refractivity contribution in [1.29, 1.82) is 0 Å². The number of aromatic amines is 1. The van der Waals surface area contributed by atoms with E-state index in [2.05, 4.69) is 54.5 Å². The zero-order valence-electron chi connectivity index (χ0n) is 24.0. The van der Waals surface area contributed by atoms with Gasteiger partial charge in [0, 0.05) is 68.3 Å². The smallest absolute Gasteiger partial charge is 0.271 e. The Kier molecular flexibility index (Phi) is 7.12. The molecule has 0 bridgehead atoms. The summed E-state index contributed by atoms with van der Waals surface area (Å²) in [6, 6.07) is 15.2. The highest BCUT2D eigenvalue weighted by atomic mass is 16.1. The van der Waals surface area contributed by atoms with Crippen LogP contribution in [0, 0.1) is 0 Å². The van der Waals surface area contributed by atoms with Crippen LogP contribution >= 0.6 is 0 Å². The van der Waals surface area contributed by atoms with Crippen molar-refractivity contribution in [3.63, 3.8) is 0 Å². The Bertz CT molecular complexity index is 1560. The first-order valence-corrected chi connectivity index (χ1v) is 15.0. The summed E-state index contributed by atoms with van der Waals surface area (Å²) in [4.78, 5) is 37.4. The largest absolute Gasteiger partial charge is 0.371 e. The van der Waals surface area contributed by atoms with Gasteiger partial charge in [0.2, 0.25) is 0 Å². The first-order valence-electron chi connectivity index (χ1n) is 15.0. The van der Waals surface area contributed by atoms with Crippen molar-refractivity contribution in [3.05, 3.63) is 54.5 Å². The summed E-state index contributed by atoms with van der Waals surface area (Å²) in [6.07, 6.45) is 6.18. The highest BCUT2D eigenvalue weighted by molar-refractivity contribution is 5.99. The van der Waals surface area contributed by atoms with Gasteiger partial charge in [-0.05, 0) is 63.1 Å². The van der Waals surface area contributed by atoms with Gasteiger partial charge in [-0.15, -0.1) is 0 Å². The summed E-state index contributed by atoms with van der Waals surface area (Å²) < 4.78 is 0. The van der Waals surface area contributed by atoms with E-state index in [0.717, 1.165) is 61.3 Å². The molecule has 0 spiro atoms. The number of piperazine rings is 1. The number of amides is 1. The molecule has 5 N–H and O–H groups in total. The Hall–Kier alpha value is -4.22. The summed E-state index contributed by atoms with van der Waals surface area (Å²) in [5, 5.41) is 6.81. The van der Waals surface area contributed by atoms with E-state index in [1.807, 2.05) is 30.3 Å². The van der Waals surface area contributed by atoms with Gasteiger partial charge in [0.15, 0.2) is 17.3 Å². The predicted octanol–water partition coefficient (Wildman–Crippen LogP) is 3.65. The van der Waals surface area contributed by atoms with Crippen LogP contribution in [-0.2, 0) is 0 Å². The third-order valence-corrected chi connectivity index (χ3v) is 8.77. The number of imidazole rings is 1. The van der Waals surface area contributed by atoms with E-state index in [-0.39, 0.29) is 5.69 Å². The predicted molar refractivity (Wildman–Crippen MR) is 166 cm³/mol. The fourth-order valence-electron chi connectivity index (χ4n) is 6.13. The van der Waals surface area contributed by atoms with Crippen LogP contribution in [0.4, 0.5) is 23.0 Å². The van der Waals surface area contributed by atoms with Gasteiger partial charge in [0.05, 0.1) is 17.4 Å². The third kappa shape index (κ3) is 5.49. The Morgan fingerprint density at radius 2 is 1.69 bits per heavy atom. The van der Waals surface area contributed by atoms with Crippen LogP contribution < -0.4 is 21.3 Å². The van der Waals surface area contributed by atoms with Gasteiger partial charge in [-0.25, -0.2) is 15.0 Å². The third-order valence-electron chi connectivity index (χ3n) is 8.77. The Morgan fingerprint density at radius 3 is 2.40 bits per heavy atom. The molecule has 7 rings (SSSR count). The molecule has 1 saturated carbocycles. The maximum atomic E-state index is 12.6. The van der Waals surface area contributed by atoms with Crippen molar-refractivity contribution in [2.45, 2.75) is 37.8 Å². The van der Waals surface area contributed by atoms with E-state index in [0.29, 0.717) is 29.4 Å². The number of primary amides is 1. The number of benzene rings is 2. The second-order valence-corrected chi connectivity index (χ2v) is 11.7. The number of rotatable bonds is 8. The molecule has 2 aliphatic heterocycles. The fraction of sp³-hybridized carbons (Fsp3) is 0.419. The van der Waals surface area contributed by atoms with Gasteiger partial charge < -0.3 is 31.2 Å². The topological polar surface area (TPSA) is 131 Å². The molecule has 218 valence electrons. The number of nitrogens with one attached hydrogen (secondary N) is 3. The lowest BCUT2D eigenvalue weighted by Gasteiger charge is -2.42. The first-order chi connectivity index (χ1) is 20.5. The maximum Gasteiger partial charge on any atom is 0.271 e. The van der Waals surface area contributed by atoms with Crippen LogP contribution in [0.25, 0.3) is 22.3 Å².